The summed E-state index contributed by atoms with van der Waals surface area (Å²) in [6.07, 6.45) is 3.55. The van der Waals surface area contributed by atoms with Gasteiger partial charge in [-0.3, -0.25) is 0 Å². The molecule has 98 valence electrons. The average Bonchev–Trinajstić information content (AvgIpc) is 3.02. The Bertz CT molecular complexity index is 440. The lowest BCUT2D eigenvalue weighted by Gasteiger charge is -2.16. The molecule has 0 bridgehead atoms. The van der Waals surface area contributed by atoms with Crippen LogP contribution in [0.4, 0.5) is 0 Å². The number of rotatable bonds is 5. The normalized spacial score (nSPS) is 23.6. The lowest BCUT2D eigenvalue weighted by molar-refractivity contribution is 0.191. The van der Waals surface area contributed by atoms with Crippen molar-refractivity contribution in [3.63, 3.8) is 0 Å². The minimum Gasteiger partial charge on any atom is -0.488 e. The van der Waals surface area contributed by atoms with Crippen molar-refractivity contribution in [1.29, 1.82) is 0 Å². The zero-order valence-electron chi connectivity index (χ0n) is 10.9. The van der Waals surface area contributed by atoms with Gasteiger partial charge in [-0.2, -0.15) is 0 Å². The molecule has 3 heteroatoms. The number of fused-ring (bicyclic) bond motifs is 1. The molecule has 1 aromatic rings. The van der Waals surface area contributed by atoms with Crippen molar-refractivity contribution in [3.05, 3.63) is 29.3 Å². The van der Waals surface area contributed by atoms with E-state index in [1.165, 1.54) is 11.1 Å². The molecule has 1 unspecified atom stereocenters. The molecule has 2 aliphatic rings. The Morgan fingerprint density at radius 2 is 2.28 bits per heavy atom. The highest BCUT2D eigenvalue weighted by molar-refractivity contribution is 5.40. The maximum atomic E-state index is 9.25. The predicted octanol–water partition coefficient (Wildman–Crippen LogP) is 1.66. The Balaban J connectivity index is 1.49. The van der Waals surface area contributed by atoms with Gasteiger partial charge in [0.1, 0.15) is 11.9 Å². The molecule has 0 amide bonds. The van der Waals surface area contributed by atoms with E-state index >= 15 is 0 Å². The molecule has 1 atom stereocenters. The number of benzene rings is 1. The molecule has 2 N–H and O–H groups in total. The fourth-order valence-electron chi connectivity index (χ4n) is 2.63. The van der Waals surface area contributed by atoms with Crippen molar-refractivity contribution in [2.75, 3.05) is 19.7 Å². The predicted molar refractivity (Wildman–Crippen MR) is 70.9 cm³/mol. The van der Waals surface area contributed by atoms with E-state index in [-0.39, 0.29) is 11.5 Å². The second-order valence-corrected chi connectivity index (χ2v) is 5.84. The van der Waals surface area contributed by atoms with Crippen LogP contribution in [0.15, 0.2) is 18.2 Å². The van der Waals surface area contributed by atoms with Crippen LogP contribution in [-0.4, -0.2) is 30.9 Å². The summed E-state index contributed by atoms with van der Waals surface area (Å²) in [5.41, 5.74) is 2.80. The zero-order valence-corrected chi connectivity index (χ0v) is 10.9. The number of hydrogen-bond acceptors (Lipinski definition) is 3. The number of aliphatic hydroxyl groups excluding tert-OH is 1. The summed E-state index contributed by atoms with van der Waals surface area (Å²) in [7, 11) is 0. The molecule has 0 radical (unpaired) electrons. The molecule has 0 aromatic heterocycles. The quantitative estimate of drug-likeness (QED) is 0.831. The summed E-state index contributed by atoms with van der Waals surface area (Å²) >= 11 is 0. The number of aliphatic hydroxyl groups is 1. The van der Waals surface area contributed by atoms with E-state index in [1.54, 1.807) is 0 Å². The Labute approximate surface area is 108 Å². The van der Waals surface area contributed by atoms with Gasteiger partial charge in [-0.25, -0.2) is 0 Å². The molecule has 1 aliphatic heterocycles. The van der Waals surface area contributed by atoms with Crippen molar-refractivity contribution in [2.45, 2.75) is 32.3 Å². The summed E-state index contributed by atoms with van der Waals surface area (Å²) in [5, 5.41) is 12.7. The van der Waals surface area contributed by atoms with E-state index in [4.69, 9.17) is 4.74 Å². The number of ether oxygens (including phenoxy) is 1. The monoisotopic (exact) mass is 247 g/mol. The van der Waals surface area contributed by atoms with Crippen LogP contribution in [0, 0.1) is 12.3 Å². The molecule has 1 heterocycles. The fourth-order valence-corrected chi connectivity index (χ4v) is 2.63. The highest BCUT2D eigenvalue weighted by Gasteiger charge is 2.41. The molecule has 18 heavy (non-hydrogen) atoms. The van der Waals surface area contributed by atoms with E-state index in [9.17, 15) is 5.11 Å². The van der Waals surface area contributed by atoms with Crippen molar-refractivity contribution in [1.82, 2.24) is 5.32 Å². The average molecular weight is 247 g/mol. The van der Waals surface area contributed by atoms with Crippen LogP contribution in [0.3, 0.4) is 0 Å². The Morgan fingerprint density at radius 1 is 1.44 bits per heavy atom. The fraction of sp³-hybridized carbons (Fsp3) is 0.600. The smallest absolute Gasteiger partial charge is 0.123 e. The van der Waals surface area contributed by atoms with Crippen LogP contribution in [0.2, 0.25) is 0 Å². The van der Waals surface area contributed by atoms with Gasteiger partial charge in [-0.05, 0) is 31.4 Å². The molecule has 3 nitrogen and oxygen atoms in total. The van der Waals surface area contributed by atoms with Gasteiger partial charge in [-0.1, -0.05) is 17.7 Å². The topological polar surface area (TPSA) is 41.5 Å². The first-order chi connectivity index (χ1) is 8.71. The third kappa shape index (κ3) is 2.38. The molecule has 0 spiro atoms. The Kier molecular flexibility index (Phi) is 3.04. The van der Waals surface area contributed by atoms with Crippen molar-refractivity contribution < 1.29 is 9.84 Å². The first kappa shape index (κ1) is 12.0. The summed E-state index contributed by atoms with van der Waals surface area (Å²) in [5.74, 6) is 1.04. The van der Waals surface area contributed by atoms with Crippen molar-refractivity contribution in [3.8, 4) is 5.75 Å². The van der Waals surface area contributed by atoms with Crippen LogP contribution in [0.25, 0.3) is 0 Å². The third-order valence-corrected chi connectivity index (χ3v) is 4.12. The maximum Gasteiger partial charge on any atom is 0.123 e. The first-order valence-electron chi connectivity index (χ1n) is 6.79. The second kappa shape index (κ2) is 4.56. The Hall–Kier alpha value is -1.06. The molecule has 0 saturated heterocycles. The van der Waals surface area contributed by atoms with Crippen molar-refractivity contribution >= 4 is 0 Å². The van der Waals surface area contributed by atoms with Crippen LogP contribution in [-0.2, 0) is 6.42 Å². The number of hydrogen-bond donors (Lipinski definition) is 2. The van der Waals surface area contributed by atoms with E-state index < -0.39 is 0 Å². The standard InChI is InChI=1S/C15H21NO2/c1-11-2-3-14-12(6-11)7-13(18-14)8-16-9-15(10-17)4-5-15/h2-3,6,13,16-17H,4-5,7-10H2,1H3. The minimum atomic E-state index is 0.183. The summed E-state index contributed by atoms with van der Waals surface area (Å²) in [6.45, 7) is 4.21. The van der Waals surface area contributed by atoms with Gasteiger partial charge in [-0.15, -0.1) is 0 Å². The highest BCUT2D eigenvalue weighted by Crippen LogP contribution is 2.44. The van der Waals surface area contributed by atoms with Gasteiger partial charge in [0, 0.05) is 31.5 Å². The first-order valence-corrected chi connectivity index (χ1v) is 6.79. The Morgan fingerprint density at radius 3 is 3.00 bits per heavy atom. The van der Waals surface area contributed by atoms with Gasteiger partial charge >= 0.3 is 0 Å². The van der Waals surface area contributed by atoms with Crippen molar-refractivity contribution in [2.24, 2.45) is 5.41 Å². The van der Waals surface area contributed by atoms with E-state index in [0.29, 0.717) is 6.61 Å². The molecule has 1 aliphatic carbocycles. The van der Waals surface area contributed by atoms with Crippen LogP contribution >= 0.6 is 0 Å². The minimum absolute atomic E-state index is 0.183. The summed E-state index contributed by atoms with van der Waals surface area (Å²) in [6, 6.07) is 6.38. The molecule has 3 rings (SSSR count). The molecular weight excluding hydrogens is 226 g/mol. The third-order valence-electron chi connectivity index (χ3n) is 4.12. The number of aryl methyl sites for hydroxylation is 1. The maximum absolute atomic E-state index is 9.25. The second-order valence-electron chi connectivity index (χ2n) is 5.84. The SMILES string of the molecule is Cc1ccc2c(c1)CC(CNCC1(CO)CC1)O2. The van der Waals surface area contributed by atoms with E-state index in [1.807, 2.05) is 0 Å². The van der Waals surface area contributed by atoms with Crippen LogP contribution in [0.1, 0.15) is 24.0 Å². The van der Waals surface area contributed by atoms with Gasteiger partial charge in [0.25, 0.3) is 0 Å². The van der Waals surface area contributed by atoms with Crippen LogP contribution < -0.4 is 10.1 Å². The van der Waals surface area contributed by atoms with Gasteiger partial charge in [0.05, 0.1) is 0 Å². The largest absolute Gasteiger partial charge is 0.488 e. The zero-order chi connectivity index (χ0) is 12.6. The van der Waals surface area contributed by atoms with Gasteiger partial charge < -0.3 is 15.2 Å². The molecule has 1 saturated carbocycles. The van der Waals surface area contributed by atoms with Crippen LogP contribution in [0.5, 0.6) is 5.75 Å². The highest BCUT2D eigenvalue weighted by atomic mass is 16.5. The summed E-state index contributed by atoms with van der Waals surface area (Å²) < 4.78 is 5.91. The summed E-state index contributed by atoms with van der Waals surface area (Å²) in [4.78, 5) is 0. The van der Waals surface area contributed by atoms with E-state index in [0.717, 1.165) is 38.1 Å². The lowest BCUT2D eigenvalue weighted by atomic mass is 10.1. The van der Waals surface area contributed by atoms with E-state index in [2.05, 4.69) is 30.4 Å². The molecular formula is C15H21NO2. The molecule has 1 aromatic carbocycles. The van der Waals surface area contributed by atoms with Gasteiger partial charge in [0.15, 0.2) is 0 Å². The van der Waals surface area contributed by atoms with Gasteiger partial charge in [0.2, 0.25) is 0 Å². The number of nitrogens with one attached hydrogen (secondary N) is 1. The molecule has 1 fully saturated rings. The lowest BCUT2D eigenvalue weighted by Crippen LogP contribution is -2.35.